The molecule has 4 aromatic rings. The first kappa shape index (κ1) is 22.1. The Bertz CT molecular complexity index is 1260. The Morgan fingerprint density at radius 1 is 1.15 bits per heavy atom. The molecule has 0 spiro atoms. The van der Waals surface area contributed by atoms with Crippen molar-refractivity contribution in [1.29, 1.82) is 0 Å². The number of rotatable bonds is 6. The third kappa shape index (κ3) is 4.95. The molecule has 1 fully saturated rings. The highest BCUT2D eigenvalue weighted by molar-refractivity contribution is 7.20. The third-order valence-electron chi connectivity index (χ3n) is 6.14. The van der Waals surface area contributed by atoms with Gasteiger partial charge in [0.05, 0.1) is 22.8 Å². The molecule has 1 amide bonds. The van der Waals surface area contributed by atoms with E-state index < -0.39 is 0 Å². The Morgan fingerprint density at radius 2 is 1.94 bits per heavy atom. The largest absolute Gasteiger partial charge is 0.349 e. The number of benzene rings is 1. The van der Waals surface area contributed by atoms with E-state index in [2.05, 4.69) is 26.4 Å². The van der Waals surface area contributed by atoms with Crippen molar-refractivity contribution in [2.45, 2.75) is 38.9 Å². The Kier molecular flexibility index (Phi) is 6.44. The summed E-state index contributed by atoms with van der Waals surface area (Å²) in [6, 6.07) is 16.0. The summed E-state index contributed by atoms with van der Waals surface area (Å²) in [5.74, 6) is 0.00284. The van der Waals surface area contributed by atoms with E-state index >= 15 is 0 Å². The van der Waals surface area contributed by atoms with Crippen LogP contribution in [0.5, 0.6) is 0 Å². The van der Waals surface area contributed by atoms with Crippen LogP contribution in [0.4, 0.5) is 0 Å². The molecule has 3 aromatic heterocycles. The number of hydrogen-bond donors (Lipinski definition) is 1. The predicted molar refractivity (Wildman–Crippen MR) is 133 cm³/mol. The van der Waals surface area contributed by atoms with E-state index in [0.717, 1.165) is 69.5 Å². The van der Waals surface area contributed by atoms with E-state index in [-0.39, 0.29) is 11.9 Å². The number of hydrogen-bond acceptors (Lipinski definition) is 5. The molecule has 1 saturated heterocycles. The average molecular weight is 480 g/mol. The lowest BCUT2D eigenvalue weighted by Crippen LogP contribution is -2.44. The minimum atomic E-state index is 0.00284. The van der Waals surface area contributed by atoms with Crippen LogP contribution in [0.25, 0.3) is 10.2 Å². The third-order valence-corrected chi connectivity index (χ3v) is 7.66. The molecule has 0 saturated carbocycles. The van der Waals surface area contributed by atoms with Gasteiger partial charge in [-0.25, -0.2) is 0 Å². The van der Waals surface area contributed by atoms with Gasteiger partial charge in [-0.3, -0.25) is 19.4 Å². The number of thiophene rings is 1. The highest BCUT2D eigenvalue weighted by Crippen LogP contribution is 2.30. The summed E-state index contributed by atoms with van der Waals surface area (Å²) in [6.45, 7) is 5.34. The summed E-state index contributed by atoms with van der Waals surface area (Å²) in [4.78, 5) is 21.6. The zero-order chi connectivity index (χ0) is 22.8. The number of aryl methyl sites for hydroxylation is 1. The first-order valence-electron chi connectivity index (χ1n) is 11.2. The molecule has 0 atom stereocenters. The van der Waals surface area contributed by atoms with E-state index in [1.165, 1.54) is 11.3 Å². The average Bonchev–Trinajstić information content (AvgIpc) is 3.39. The second kappa shape index (κ2) is 9.63. The van der Waals surface area contributed by atoms with Gasteiger partial charge in [0, 0.05) is 42.3 Å². The lowest BCUT2D eigenvalue weighted by Gasteiger charge is -2.32. The van der Waals surface area contributed by atoms with Crippen LogP contribution in [0.3, 0.4) is 0 Å². The van der Waals surface area contributed by atoms with Gasteiger partial charge in [0.2, 0.25) is 0 Å². The molecule has 33 heavy (non-hydrogen) atoms. The molecular weight excluding hydrogens is 454 g/mol. The Morgan fingerprint density at radius 3 is 2.70 bits per heavy atom. The van der Waals surface area contributed by atoms with E-state index in [4.69, 9.17) is 11.6 Å². The van der Waals surface area contributed by atoms with Gasteiger partial charge >= 0.3 is 0 Å². The number of nitrogens with zero attached hydrogens (tertiary/aromatic N) is 4. The Labute approximate surface area is 202 Å². The van der Waals surface area contributed by atoms with Crippen LogP contribution in [0.15, 0.2) is 54.7 Å². The van der Waals surface area contributed by atoms with Crippen molar-refractivity contribution < 1.29 is 4.79 Å². The molecule has 5 rings (SSSR count). The molecule has 1 aliphatic heterocycles. The van der Waals surface area contributed by atoms with Crippen molar-refractivity contribution in [2.24, 2.45) is 0 Å². The van der Waals surface area contributed by atoms with Crippen LogP contribution < -0.4 is 5.32 Å². The van der Waals surface area contributed by atoms with Crippen molar-refractivity contribution in [1.82, 2.24) is 25.0 Å². The number of fused-ring (bicyclic) bond motifs is 1. The van der Waals surface area contributed by atoms with Gasteiger partial charge < -0.3 is 5.32 Å². The van der Waals surface area contributed by atoms with Gasteiger partial charge in [0.25, 0.3) is 5.91 Å². The Hall–Kier alpha value is -2.74. The maximum atomic E-state index is 13.0. The fraction of sp³-hybridized carbons (Fsp3) is 0.320. The van der Waals surface area contributed by atoms with Crippen molar-refractivity contribution in [3.8, 4) is 0 Å². The summed E-state index contributed by atoms with van der Waals surface area (Å²) in [5, 5.41) is 9.67. The molecule has 4 heterocycles. The molecule has 1 N–H and O–H groups in total. The molecule has 0 unspecified atom stereocenters. The van der Waals surface area contributed by atoms with Crippen LogP contribution in [0, 0.1) is 6.92 Å². The lowest BCUT2D eigenvalue weighted by atomic mass is 10.0. The molecular formula is C25H26ClN5OS. The molecule has 1 aliphatic rings. The topological polar surface area (TPSA) is 63.1 Å². The zero-order valence-corrected chi connectivity index (χ0v) is 20.1. The van der Waals surface area contributed by atoms with Gasteiger partial charge in [-0.05, 0) is 49.6 Å². The zero-order valence-electron chi connectivity index (χ0n) is 18.5. The van der Waals surface area contributed by atoms with Crippen molar-refractivity contribution in [3.63, 3.8) is 0 Å². The molecule has 8 heteroatoms. The fourth-order valence-electron chi connectivity index (χ4n) is 4.33. The van der Waals surface area contributed by atoms with Crippen molar-refractivity contribution in [3.05, 3.63) is 81.6 Å². The van der Waals surface area contributed by atoms with Crippen LogP contribution in [0.1, 0.15) is 39.5 Å². The normalized spacial score (nSPS) is 15.2. The minimum Gasteiger partial charge on any atom is -0.349 e. The number of amides is 1. The highest BCUT2D eigenvalue weighted by Gasteiger charge is 2.23. The minimum absolute atomic E-state index is 0.00284. The van der Waals surface area contributed by atoms with Gasteiger partial charge in [0.1, 0.15) is 4.83 Å². The number of aromatic nitrogens is 3. The standard InChI is InChI=1S/C25H26ClN5OS/c1-17-21-14-23(33-25(21)31(29-17)15-18-6-2-3-8-22(18)26)24(32)28-19-9-12-30(13-10-19)16-20-7-4-5-11-27-20/h2-8,11,14,19H,9-10,12-13,15-16H2,1H3,(H,28,32). The van der Waals surface area contributed by atoms with Gasteiger partial charge in [-0.1, -0.05) is 35.9 Å². The van der Waals surface area contributed by atoms with Crippen molar-refractivity contribution in [2.75, 3.05) is 13.1 Å². The van der Waals surface area contributed by atoms with E-state index in [1.54, 1.807) is 0 Å². The molecule has 0 bridgehead atoms. The number of piperidine rings is 1. The molecule has 0 aliphatic carbocycles. The first-order chi connectivity index (χ1) is 16.1. The highest BCUT2D eigenvalue weighted by atomic mass is 35.5. The van der Waals surface area contributed by atoms with Crippen LogP contribution in [-0.2, 0) is 13.1 Å². The summed E-state index contributed by atoms with van der Waals surface area (Å²) >= 11 is 7.84. The quantitative estimate of drug-likeness (QED) is 0.427. The summed E-state index contributed by atoms with van der Waals surface area (Å²) in [6.07, 6.45) is 3.73. The second-order valence-corrected chi connectivity index (χ2v) is 9.95. The smallest absolute Gasteiger partial charge is 0.261 e. The number of halogens is 1. The summed E-state index contributed by atoms with van der Waals surface area (Å²) in [7, 11) is 0. The monoisotopic (exact) mass is 479 g/mol. The first-order valence-corrected chi connectivity index (χ1v) is 12.4. The maximum absolute atomic E-state index is 13.0. The van der Waals surface area contributed by atoms with Crippen LogP contribution in [-0.4, -0.2) is 44.7 Å². The van der Waals surface area contributed by atoms with Gasteiger partial charge in [0.15, 0.2) is 0 Å². The number of carbonyl (C=O) groups excluding carboxylic acids is 1. The second-order valence-electron chi connectivity index (χ2n) is 8.51. The number of carbonyl (C=O) groups is 1. The lowest BCUT2D eigenvalue weighted by molar-refractivity contribution is 0.0912. The SMILES string of the molecule is Cc1nn(Cc2ccccc2Cl)c2sc(C(=O)NC3CCN(Cc4ccccn4)CC3)cc12. The molecule has 6 nitrogen and oxygen atoms in total. The summed E-state index contributed by atoms with van der Waals surface area (Å²) < 4.78 is 1.95. The van der Waals surface area contributed by atoms with Crippen LogP contribution in [0.2, 0.25) is 5.02 Å². The van der Waals surface area contributed by atoms with Gasteiger partial charge in [-0.15, -0.1) is 11.3 Å². The summed E-state index contributed by atoms with van der Waals surface area (Å²) in [5.41, 5.74) is 3.03. The number of pyridine rings is 1. The molecule has 1 aromatic carbocycles. The van der Waals surface area contributed by atoms with E-state index in [0.29, 0.717) is 6.54 Å². The fourth-order valence-corrected chi connectivity index (χ4v) is 5.59. The number of nitrogens with one attached hydrogen (secondary N) is 1. The van der Waals surface area contributed by atoms with E-state index in [9.17, 15) is 4.79 Å². The van der Waals surface area contributed by atoms with Gasteiger partial charge in [-0.2, -0.15) is 5.10 Å². The maximum Gasteiger partial charge on any atom is 0.261 e. The Balaban J connectivity index is 1.23. The van der Waals surface area contributed by atoms with Crippen molar-refractivity contribution >= 4 is 39.1 Å². The van der Waals surface area contributed by atoms with Crippen LogP contribution >= 0.6 is 22.9 Å². The predicted octanol–water partition coefficient (Wildman–Crippen LogP) is 4.90. The number of likely N-dealkylation sites (tertiary alicyclic amines) is 1. The molecule has 0 radical (unpaired) electrons. The van der Waals surface area contributed by atoms with E-state index in [1.807, 2.05) is 60.3 Å². The molecule has 170 valence electrons.